The van der Waals surface area contributed by atoms with Gasteiger partial charge < -0.3 is 38.1 Å². The van der Waals surface area contributed by atoms with E-state index in [1.165, 1.54) is 180 Å². The van der Waals surface area contributed by atoms with Crippen LogP contribution >= 0.6 is 0 Å². The van der Waals surface area contributed by atoms with Gasteiger partial charge in [-0.15, -0.1) is 0 Å². The molecule has 0 aromatic carbocycles. The van der Waals surface area contributed by atoms with Gasteiger partial charge >= 0.3 is 0 Å². The van der Waals surface area contributed by atoms with Crippen LogP contribution in [0, 0.1) is 13.8 Å². The fraction of sp³-hybridized carbons (Fsp3) is 0.944. The van der Waals surface area contributed by atoms with E-state index >= 15 is 0 Å². The number of tetrazole rings is 2. The standard InChI is InChI=1S/2C16H35N.2C2H3N4.3H2O/c2*1-2-3-4-5-6-7-8-9-10-11-12-13-14-15-16-17;2*1-2-3-5-6-4-2;;;/h2*2-17H2,1H3;2*1H3;3*1H2/q;;2*-1;;;/p+2. The van der Waals surface area contributed by atoms with E-state index in [0.717, 1.165) is 13.1 Å². The number of aryl methyl sites for hydroxylation is 2. The van der Waals surface area contributed by atoms with Gasteiger partial charge in [-0.2, -0.15) is 10.4 Å². The van der Waals surface area contributed by atoms with Gasteiger partial charge in [0.15, 0.2) is 0 Å². The van der Waals surface area contributed by atoms with E-state index in [0.29, 0.717) is 11.6 Å². The van der Waals surface area contributed by atoms with Crippen molar-refractivity contribution in [2.75, 3.05) is 13.1 Å². The third-order valence-electron chi connectivity index (χ3n) is 8.04. The van der Waals surface area contributed by atoms with Crippen LogP contribution in [0.15, 0.2) is 0 Å². The average molecular weight is 705 g/mol. The number of hydrogen-bond acceptors (Lipinski definition) is 6. The Kier molecular flexibility index (Phi) is 60.6. The van der Waals surface area contributed by atoms with Crippen molar-refractivity contribution >= 4 is 0 Å². The van der Waals surface area contributed by atoms with E-state index in [4.69, 9.17) is 0 Å². The predicted octanol–water partition coefficient (Wildman–Crippen LogP) is 5.22. The highest BCUT2D eigenvalue weighted by Gasteiger charge is 1.95. The molecule has 0 aliphatic rings. The fourth-order valence-corrected chi connectivity index (χ4v) is 5.12. The molecule has 2 aromatic heterocycles. The zero-order chi connectivity index (χ0) is 34.0. The molecule has 0 saturated carbocycles. The molecule has 2 heterocycles. The summed E-state index contributed by atoms with van der Waals surface area (Å²) in [6, 6.07) is 0. The molecule has 0 aliphatic heterocycles. The summed E-state index contributed by atoms with van der Waals surface area (Å²) in [5.74, 6) is 1.24. The van der Waals surface area contributed by atoms with E-state index in [9.17, 15) is 0 Å². The van der Waals surface area contributed by atoms with Gasteiger partial charge in [0, 0.05) is 11.6 Å². The van der Waals surface area contributed by atoms with Gasteiger partial charge in [-0.05, 0) is 39.5 Å². The van der Waals surface area contributed by atoms with Crippen molar-refractivity contribution in [1.82, 2.24) is 41.2 Å². The van der Waals surface area contributed by atoms with Crippen molar-refractivity contribution in [3.63, 3.8) is 0 Å². The lowest BCUT2D eigenvalue weighted by atomic mass is 10.0. The van der Waals surface area contributed by atoms with Gasteiger partial charge in [0.25, 0.3) is 0 Å². The molecule has 0 radical (unpaired) electrons. The molecule has 2 rings (SSSR count). The minimum atomic E-state index is 0. The summed E-state index contributed by atoms with van der Waals surface area (Å²) in [5, 5.41) is 26.6. The minimum absolute atomic E-state index is 0. The van der Waals surface area contributed by atoms with Crippen molar-refractivity contribution in [3.05, 3.63) is 11.6 Å². The molecular formula is C36H84N10O3. The highest BCUT2D eigenvalue weighted by atomic mass is 16.0. The molecule has 0 fully saturated rings. The molecule has 0 spiro atoms. The van der Waals surface area contributed by atoms with Crippen molar-refractivity contribution in [1.29, 1.82) is 0 Å². The topological polar surface area (TPSA) is 255 Å². The molecule has 0 saturated heterocycles. The van der Waals surface area contributed by atoms with Crippen LogP contribution < -0.4 is 21.7 Å². The molecule has 2 aromatic rings. The Balaban J connectivity index is -0.000000188. The van der Waals surface area contributed by atoms with Gasteiger partial charge in [0.1, 0.15) is 0 Å². The molecule has 0 bridgehead atoms. The van der Waals surface area contributed by atoms with Crippen LogP contribution in [-0.2, 0) is 0 Å². The van der Waals surface area contributed by atoms with Crippen LogP contribution in [0.25, 0.3) is 0 Å². The second-order valence-corrected chi connectivity index (χ2v) is 12.8. The molecule has 13 nitrogen and oxygen atoms in total. The average Bonchev–Trinajstić information content (AvgIpc) is 3.76. The molecule has 49 heavy (non-hydrogen) atoms. The number of aromatic nitrogens is 8. The zero-order valence-electron chi connectivity index (χ0n) is 32.7. The molecule has 0 aliphatic carbocycles. The first kappa shape index (κ1) is 56.3. The second-order valence-electron chi connectivity index (χ2n) is 12.8. The number of rotatable bonds is 28. The van der Waals surface area contributed by atoms with Gasteiger partial charge in [-0.1, -0.05) is 168 Å². The molecule has 0 amide bonds. The van der Waals surface area contributed by atoms with E-state index in [2.05, 4.69) is 66.6 Å². The number of nitrogens with zero attached hydrogens (tertiary/aromatic N) is 8. The maximum absolute atomic E-state index is 3.88. The van der Waals surface area contributed by atoms with Crippen LogP contribution in [0.2, 0.25) is 0 Å². The lowest BCUT2D eigenvalue weighted by molar-refractivity contribution is -0.368. The Bertz CT molecular complexity index is 651. The van der Waals surface area contributed by atoms with E-state index in [1.54, 1.807) is 13.8 Å². The van der Waals surface area contributed by atoms with Crippen LogP contribution in [-0.4, -0.2) is 60.6 Å². The van der Waals surface area contributed by atoms with Gasteiger partial charge in [-0.3, -0.25) is 20.6 Å². The van der Waals surface area contributed by atoms with Crippen LogP contribution in [0.1, 0.15) is 205 Å². The largest absolute Gasteiger partial charge is 0.412 e. The third-order valence-corrected chi connectivity index (χ3v) is 8.04. The number of hydrogen-bond donors (Lipinski definition) is 2. The Morgan fingerprint density at radius 2 is 0.571 bits per heavy atom. The fourth-order valence-electron chi connectivity index (χ4n) is 5.12. The van der Waals surface area contributed by atoms with Crippen molar-refractivity contribution in [2.24, 2.45) is 0 Å². The monoisotopic (exact) mass is 705 g/mol. The summed E-state index contributed by atoms with van der Waals surface area (Å²) in [7, 11) is 0. The summed E-state index contributed by atoms with van der Waals surface area (Å²) < 4.78 is 0. The van der Waals surface area contributed by atoms with E-state index < -0.39 is 0 Å². The minimum Gasteiger partial charge on any atom is -0.412 e. The first-order chi connectivity index (χ1) is 22.6. The second kappa shape index (κ2) is 52.7. The quantitative estimate of drug-likeness (QED) is 0.111. The summed E-state index contributed by atoms with van der Waals surface area (Å²) in [6.45, 7) is 10.3. The molecular weight excluding hydrogens is 620 g/mol. The Hall–Kier alpha value is -2.06. The maximum Gasteiger partial charge on any atom is 0.0739 e. The van der Waals surface area contributed by atoms with Crippen molar-refractivity contribution in [3.8, 4) is 0 Å². The van der Waals surface area contributed by atoms with Crippen LogP contribution in [0.3, 0.4) is 0 Å². The molecule has 12 N–H and O–H groups in total. The smallest absolute Gasteiger partial charge is 0.0739 e. The normalized spacial score (nSPS) is 9.76. The Labute approximate surface area is 301 Å². The maximum atomic E-state index is 3.88. The van der Waals surface area contributed by atoms with Gasteiger partial charge in [-0.25, -0.2) is 0 Å². The summed E-state index contributed by atoms with van der Waals surface area (Å²) in [4.78, 5) is 0. The Morgan fingerprint density at radius 1 is 0.367 bits per heavy atom. The molecule has 13 heteroatoms. The van der Waals surface area contributed by atoms with Crippen LogP contribution in [0.5, 0.6) is 0 Å². The highest BCUT2D eigenvalue weighted by Crippen LogP contribution is 2.14. The van der Waals surface area contributed by atoms with Crippen molar-refractivity contribution in [2.45, 2.75) is 207 Å². The van der Waals surface area contributed by atoms with Gasteiger partial charge in [0.05, 0.1) is 13.1 Å². The number of unbranched alkanes of at least 4 members (excludes halogenated alkanes) is 26. The van der Waals surface area contributed by atoms with E-state index in [1.807, 2.05) is 0 Å². The van der Waals surface area contributed by atoms with E-state index in [-0.39, 0.29) is 16.4 Å². The Morgan fingerprint density at radius 3 is 0.694 bits per heavy atom. The summed E-state index contributed by atoms with van der Waals surface area (Å²) in [6.07, 6.45) is 40.4. The summed E-state index contributed by atoms with van der Waals surface area (Å²) in [5.41, 5.74) is 7.76. The first-order valence-electron chi connectivity index (χ1n) is 19.5. The number of quaternary nitrogens is 2. The lowest BCUT2D eigenvalue weighted by Crippen LogP contribution is -2.50. The third kappa shape index (κ3) is 55.6. The molecule has 0 atom stereocenters. The first-order valence-corrected chi connectivity index (χ1v) is 19.5. The highest BCUT2D eigenvalue weighted by molar-refractivity contribution is 4.63. The zero-order valence-corrected chi connectivity index (χ0v) is 32.7. The molecule has 0 unspecified atom stereocenters. The molecule has 296 valence electrons. The van der Waals surface area contributed by atoms with Crippen molar-refractivity contribution < 1.29 is 27.9 Å². The summed E-state index contributed by atoms with van der Waals surface area (Å²) >= 11 is 0. The van der Waals surface area contributed by atoms with Gasteiger partial charge in [0.2, 0.25) is 0 Å². The predicted molar refractivity (Wildman–Crippen MR) is 203 cm³/mol. The lowest BCUT2D eigenvalue weighted by Gasteiger charge is -2.02. The SMILES string of the molecule is CCCCCCCCCCCCCCCC[NH3+].CCCCCCCCCCCCCCCC[NH3+].Cc1nnn[n-]1.Cc1nnn[n-]1.O.O.O. The van der Waals surface area contributed by atoms with Crippen LogP contribution in [0.4, 0.5) is 0 Å².